The third kappa shape index (κ3) is 4.87. The van der Waals surface area contributed by atoms with E-state index in [0.717, 1.165) is 24.6 Å². The maximum Gasteiger partial charge on any atom is 0.245 e. The summed E-state index contributed by atoms with van der Waals surface area (Å²) in [5.41, 5.74) is 1.02. The van der Waals surface area contributed by atoms with Crippen molar-refractivity contribution in [2.24, 2.45) is 0 Å². The molecule has 3 rings (SSSR count). The molecule has 1 fully saturated rings. The number of amides is 1. The molecule has 0 atom stereocenters. The van der Waals surface area contributed by atoms with Gasteiger partial charge in [-0.1, -0.05) is 45.1 Å². The smallest absolute Gasteiger partial charge is 0.245 e. The normalized spacial score (nSPS) is 16.0. The maximum atomic E-state index is 13.0. The number of rotatable bonds is 9. The van der Waals surface area contributed by atoms with Crippen LogP contribution in [0.3, 0.4) is 0 Å². The molecule has 0 aliphatic carbocycles. The van der Waals surface area contributed by atoms with Crippen molar-refractivity contribution >= 4 is 38.7 Å². The van der Waals surface area contributed by atoms with Gasteiger partial charge in [-0.3, -0.25) is 4.79 Å². The largest absolute Gasteiger partial charge is 0.340 e. The summed E-state index contributed by atoms with van der Waals surface area (Å²) in [7, 11) is -3.64. The van der Waals surface area contributed by atoms with Gasteiger partial charge in [-0.25, -0.2) is 8.42 Å². The molecule has 1 saturated heterocycles. The number of carbonyl (C=O) groups is 1. The molecule has 1 aromatic carbocycles. The second-order valence-corrected chi connectivity index (χ2v) is 9.63. The van der Waals surface area contributed by atoms with Gasteiger partial charge >= 0.3 is 0 Å². The summed E-state index contributed by atoms with van der Waals surface area (Å²) in [5, 5.41) is 0. The third-order valence-electron chi connectivity index (χ3n) is 5.20. The van der Waals surface area contributed by atoms with Gasteiger partial charge in [0.25, 0.3) is 0 Å². The Morgan fingerprint density at radius 3 is 2.50 bits per heavy atom. The highest BCUT2D eigenvalue weighted by Gasteiger charge is 2.31. The highest BCUT2D eigenvalue weighted by Crippen LogP contribution is 2.25. The average Bonchev–Trinajstić information content (AvgIpc) is 3.19. The van der Waals surface area contributed by atoms with Crippen LogP contribution in [0, 0.1) is 0 Å². The molecule has 7 nitrogen and oxygen atoms in total. The molecule has 154 valence electrons. The minimum atomic E-state index is -3.64. The Morgan fingerprint density at radius 2 is 1.75 bits per heavy atom. The van der Waals surface area contributed by atoms with Crippen LogP contribution in [-0.4, -0.2) is 58.5 Å². The van der Waals surface area contributed by atoms with Gasteiger partial charge in [-0.15, -0.1) is 0 Å². The van der Waals surface area contributed by atoms with Gasteiger partial charge in [-0.2, -0.15) is 13.1 Å². The lowest BCUT2D eigenvalue weighted by Crippen LogP contribution is -2.50. The first-order chi connectivity index (χ1) is 13.5. The fourth-order valence-corrected chi connectivity index (χ4v) is 5.70. The highest BCUT2D eigenvalue weighted by atomic mass is 32.2. The zero-order valence-corrected chi connectivity index (χ0v) is 18.0. The summed E-state index contributed by atoms with van der Waals surface area (Å²) in [4.78, 5) is 14.4. The van der Waals surface area contributed by atoms with Crippen LogP contribution < -0.4 is 0 Å². The molecule has 28 heavy (non-hydrogen) atoms. The van der Waals surface area contributed by atoms with Crippen LogP contribution in [0.15, 0.2) is 23.1 Å². The van der Waals surface area contributed by atoms with E-state index in [1.807, 2.05) is 0 Å². The number of aromatic nitrogens is 2. The summed E-state index contributed by atoms with van der Waals surface area (Å²) >= 11 is 1.01. The van der Waals surface area contributed by atoms with Gasteiger partial charge in [0, 0.05) is 32.6 Å². The van der Waals surface area contributed by atoms with Gasteiger partial charge in [0.2, 0.25) is 15.9 Å². The molecule has 9 heteroatoms. The van der Waals surface area contributed by atoms with Crippen molar-refractivity contribution in [1.29, 1.82) is 0 Å². The number of piperazine rings is 1. The molecule has 1 amide bonds. The summed E-state index contributed by atoms with van der Waals surface area (Å²) in [6.45, 7) is 3.72. The Bertz CT molecular complexity index is 889. The van der Waals surface area contributed by atoms with Crippen LogP contribution in [0.1, 0.15) is 51.9 Å². The molecule has 2 aromatic rings. The van der Waals surface area contributed by atoms with E-state index in [1.54, 1.807) is 23.1 Å². The molecule has 1 aromatic heterocycles. The maximum absolute atomic E-state index is 13.0. The molecular weight excluding hydrogens is 396 g/mol. The molecule has 0 unspecified atom stereocenters. The monoisotopic (exact) mass is 424 g/mol. The molecule has 0 radical (unpaired) electrons. The van der Waals surface area contributed by atoms with Gasteiger partial charge < -0.3 is 4.90 Å². The van der Waals surface area contributed by atoms with Crippen molar-refractivity contribution in [3.63, 3.8) is 0 Å². The minimum absolute atomic E-state index is 0.137. The lowest BCUT2D eigenvalue weighted by Gasteiger charge is -2.34. The quantitative estimate of drug-likeness (QED) is 0.577. The Morgan fingerprint density at radius 1 is 1.04 bits per heavy atom. The van der Waals surface area contributed by atoms with Crippen LogP contribution in [-0.2, 0) is 14.8 Å². The summed E-state index contributed by atoms with van der Waals surface area (Å²) in [6, 6.07) is 5.03. The summed E-state index contributed by atoms with van der Waals surface area (Å²) < 4.78 is 35.8. The first kappa shape index (κ1) is 21.1. The highest BCUT2D eigenvalue weighted by molar-refractivity contribution is 7.89. The number of benzene rings is 1. The minimum Gasteiger partial charge on any atom is -0.340 e. The van der Waals surface area contributed by atoms with E-state index in [0.29, 0.717) is 43.6 Å². The number of fused-ring (bicyclic) bond motifs is 1. The fourth-order valence-electron chi connectivity index (χ4n) is 3.52. The van der Waals surface area contributed by atoms with E-state index in [9.17, 15) is 13.2 Å². The van der Waals surface area contributed by atoms with Crippen molar-refractivity contribution in [3.05, 3.63) is 18.2 Å². The lowest BCUT2D eigenvalue weighted by molar-refractivity contribution is -0.132. The van der Waals surface area contributed by atoms with Gasteiger partial charge in [0.1, 0.15) is 15.9 Å². The van der Waals surface area contributed by atoms with Crippen LogP contribution in [0.25, 0.3) is 11.0 Å². The lowest BCUT2D eigenvalue weighted by atomic mass is 10.1. The summed E-state index contributed by atoms with van der Waals surface area (Å²) in [6.07, 6.45) is 7.47. The van der Waals surface area contributed by atoms with Crippen molar-refractivity contribution in [2.45, 2.75) is 56.8 Å². The van der Waals surface area contributed by atoms with Gasteiger partial charge in [0.15, 0.2) is 0 Å². The number of hydrogen-bond donors (Lipinski definition) is 0. The van der Waals surface area contributed by atoms with Crippen molar-refractivity contribution in [1.82, 2.24) is 18.0 Å². The Kier molecular flexibility index (Phi) is 7.36. The standard InChI is InChI=1S/C19H28N4O3S2/c1-2-3-4-5-6-7-11-18(24)22-12-14-23(15-13-22)28(25,26)17-10-8-9-16-19(17)21-27-20-16/h8-10H,2-7,11-15H2,1H3. The predicted molar refractivity (Wildman–Crippen MR) is 111 cm³/mol. The fraction of sp³-hybridized carbons (Fsp3) is 0.632. The topological polar surface area (TPSA) is 83.5 Å². The number of sulfonamides is 1. The molecule has 0 spiro atoms. The van der Waals surface area contributed by atoms with E-state index in [2.05, 4.69) is 15.7 Å². The summed E-state index contributed by atoms with van der Waals surface area (Å²) in [5.74, 6) is 0.137. The van der Waals surface area contributed by atoms with Crippen LogP contribution in [0.5, 0.6) is 0 Å². The van der Waals surface area contributed by atoms with Crippen LogP contribution in [0.4, 0.5) is 0 Å². The van der Waals surface area contributed by atoms with E-state index in [-0.39, 0.29) is 10.8 Å². The zero-order valence-electron chi connectivity index (χ0n) is 16.3. The second kappa shape index (κ2) is 9.76. The predicted octanol–water partition coefficient (Wildman–Crippen LogP) is 3.27. The Labute approximate surface area is 171 Å². The van der Waals surface area contributed by atoms with E-state index in [4.69, 9.17) is 0 Å². The molecule has 1 aliphatic heterocycles. The zero-order chi connectivity index (χ0) is 20.0. The molecule has 2 heterocycles. The average molecular weight is 425 g/mol. The molecule has 0 N–H and O–H groups in total. The Hall–Kier alpha value is -1.58. The molecule has 0 saturated carbocycles. The first-order valence-corrected chi connectivity index (χ1v) is 12.2. The first-order valence-electron chi connectivity index (χ1n) is 10.0. The number of nitrogens with zero attached hydrogens (tertiary/aromatic N) is 4. The molecule has 0 bridgehead atoms. The van der Waals surface area contributed by atoms with Crippen molar-refractivity contribution in [3.8, 4) is 0 Å². The second-order valence-electron chi connectivity index (χ2n) is 7.19. The van der Waals surface area contributed by atoms with Gasteiger partial charge in [0.05, 0.1) is 11.7 Å². The third-order valence-corrected chi connectivity index (χ3v) is 7.68. The van der Waals surface area contributed by atoms with Crippen molar-refractivity contribution < 1.29 is 13.2 Å². The number of carbonyl (C=O) groups excluding carboxylic acids is 1. The van der Waals surface area contributed by atoms with E-state index in [1.165, 1.54) is 30.0 Å². The van der Waals surface area contributed by atoms with Crippen molar-refractivity contribution in [2.75, 3.05) is 26.2 Å². The molecular formula is C19H28N4O3S2. The Balaban J connectivity index is 1.52. The van der Waals surface area contributed by atoms with E-state index >= 15 is 0 Å². The van der Waals surface area contributed by atoms with Gasteiger partial charge in [-0.05, 0) is 18.6 Å². The SMILES string of the molecule is CCCCCCCCC(=O)N1CCN(S(=O)(=O)c2cccc3nsnc23)CC1. The van der Waals surface area contributed by atoms with Crippen LogP contribution in [0.2, 0.25) is 0 Å². The number of hydrogen-bond acceptors (Lipinski definition) is 6. The molecule has 1 aliphatic rings. The number of unbranched alkanes of at least 4 members (excludes halogenated alkanes) is 5. The van der Waals surface area contributed by atoms with Crippen LogP contribution >= 0.6 is 11.7 Å². The van der Waals surface area contributed by atoms with E-state index < -0.39 is 10.0 Å².